The molecule has 2 aliphatic heterocycles. The molecule has 0 spiro atoms. The highest BCUT2D eigenvalue weighted by molar-refractivity contribution is 5.99. The summed E-state index contributed by atoms with van der Waals surface area (Å²) in [6.07, 6.45) is 3.85. The van der Waals surface area contributed by atoms with E-state index in [9.17, 15) is 9.59 Å². The van der Waals surface area contributed by atoms with Gasteiger partial charge in [0.15, 0.2) is 5.78 Å². The van der Waals surface area contributed by atoms with Gasteiger partial charge in [0.05, 0.1) is 30.1 Å². The zero-order chi connectivity index (χ0) is 24.8. The lowest BCUT2D eigenvalue weighted by molar-refractivity contribution is -0.129. The number of Topliss-reactive ketones (excluding diaryl/α,β-unsaturated/α-hetero) is 1. The Bertz CT molecular complexity index is 1480. The summed E-state index contributed by atoms with van der Waals surface area (Å²) in [6.45, 7) is 4.24. The third kappa shape index (κ3) is 4.01. The van der Waals surface area contributed by atoms with Crippen molar-refractivity contribution in [2.75, 3.05) is 19.8 Å². The SMILES string of the molecule is CC(=O)N1CCc2c(c(-c3cccc(C(=O)Cc4ccc5c(cnn5C)c4)c3)nn2C2CCOC2)C1. The molecule has 4 aromatic rings. The molecule has 4 heterocycles. The maximum atomic E-state index is 13.3. The molecule has 0 radical (unpaired) electrons. The molecule has 2 aromatic heterocycles. The number of hydrogen-bond donors (Lipinski definition) is 0. The van der Waals surface area contributed by atoms with Crippen LogP contribution in [0.1, 0.15) is 46.6 Å². The fourth-order valence-electron chi connectivity index (χ4n) is 5.41. The number of ketones is 1. The second-order valence-electron chi connectivity index (χ2n) is 9.77. The second-order valence-corrected chi connectivity index (χ2v) is 9.77. The molecular formula is C28H29N5O3. The first kappa shape index (κ1) is 22.7. The zero-order valence-corrected chi connectivity index (χ0v) is 20.6. The van der Waals surface area contributed by atoms with Gasteiger partial charge in [-0.3, -0.25) is 19.0 Å². The number of aryl methyl sites for hydroxylation is 1. The van der Waals surface area contributed by atoms with Gasteiger partial charge in [-0.1, -0.05) is 24.3 Å². The highest BCUT2D eigenvalue weighted by atomic mass is 16.5. The van der Waals surface area contributed by atoms with E-state index in [0.717, 1.165) is 52.7 Å². The van der Waals surface area contributed by atoms with Gasteiger partial charge in [-0.25, -0.2) is 0 Å². The summed E-state index contributed by atoms with van der Waals surface area (Å²) in [5.74, 6) is 0.126. The molecule has 1 atom stereocenters. The van der Waals surface area contributed by atoms with Gasteiger partial charge in [0.1, 0.15) is 0 Å². The monoisotopic (exact) mass is 483 g/mol. The van der Waals surface area contributed by atoms with Crippen molar-refractivity contribution >= 4 is 22.6 Å². The topological polar surface area (TPSA) is 82.3 Å². The molecule has 8 nitrogen and oxygen atoms in total. The number of fused-ring (bicyclic) bond motifs is 2. The van der Waals surface area contributed by atoms with Crippen LogP contribution in [0.4, 0.5) is 0 Å². The standard InChI is InChI=1S/C28H29N5O3/c1-18(34)32-10-8-26-24(16-32)28(30-33(26)23-9-11-36-17-23)21-5-3-4-20(14-21)27(35)13-19-6-7-25-22(12-19)15-29-31(25)2/h3-7,12,14-15,23H,8-11,13,16-17H2,1-2H3. The summed E-state index contributed by atoms with van der Waals surface area (Å²) >= 11 is 0. The maximum Gasteiger partial charge on any atom is 0.219 e. The van der Waals surface area contributed by atoms with Crippen LogP contribution in [0.25, 0.3) is 22.2 Å². The number of aromatic nitrogens is 4. The summed E-state index contributed by atoms with van der Waals surface area (Å²) < 4.78 is 9.58. The molecule has 1 saturated heterocycles. The van der Waals surface area contributed by atoms with E-state index in [4.69, 9.17) is 9.84 Å². The number of carbonyl (C=O) groups excluding carboxylic acids is 2. The molecule has 2 aromatic carbocycles. The van der Waals surface area contributed by atoms with Gasteiger partial charge in [0.2, 0.25) is 5.91 Å². The summed E-state index contributed by atoms with van der Waals surface area (Å²) in [5, 5.41) is 10.4. The Morgan fingerprint density at radius 1 is 1.17 bits per heavy atom. The Kier molecular flexibility index (Phi) is 5.68. The van der Waals surface area contributed by atoms with E-state index in [1.807, 2.05) is 65.3 Å². The third-order valence-electron chi connectivity index (χ3n) is 7.42. The molecule has 1 unspecified atom stereocenters. The summed E-state index contributed by atoms with van der Waals surface area (Å²) in [5.41, 5.74) is 6.68. The number of carbonyl (C=O) groups is 2. The number of amides is 1. The predicted molar refractivity (Wildman–Crippen MR) is 136 cm³/mol. The smallest absolute Gasteiger partial charge is 0.219 e. The molecule has 36 heavy (non-hydrogen) atoms. The van der Waals surface area contributed by atoms with E-state index < -0.39 is 0 Å². The average Bonchev–Trinajstić information content (AvgIpc) is 3.63. The summed E-state index contributed by atoms with van der Waals surface area (Å²) in [6, 6.07) is 14.0. The van der Waals surface area contributed by atoms with E-state index in [-0.39, 0.29) is 17.7 Å². The molecule has 1 fully saturated rings. The quantitative estimate of drug-likeness (QED) is 0.404. The van der Waals surface area contributed by atoms with Crippen molar-refractivity contribution in [2.24, 2.45) is 7.05 Å². The summed E-state index contributed by atoms with van der Waals surface area (Å²) in [4.78, 5) is 27.3. The Balaban J connectivity index is 1.33. The molecule has 184 valence electrons. The third-order valence-corrected chi connectivity index (χ3v) is 7.42. The van der Waals surface area contributed by atoms with Crippen LogP contribution in [0.5, 0.6) is 0 Å². The lowest BCUT2D eigenvalue weighted by atomic mass is 9.96. The molecular weight excluding hydrogens is 454 g/mol. The van der Waals surface area contributed by atoms with Gasteiger partial charge in [-0.05, 0) is 30.2 Å². The average molecular weight is 484 g/mol. The normalized spacial score (nSPS) is 17.5. The van der Waals surface area contributed by atoms with Crippen LogP contribution in [0.3, 0.4) is 0 Å². The fourth-order valence-corrected chi connectivity index (χ4v) is 5.41. The molecule has 8 heteroatoms. The van der Waals surface area contributed by atoms with Gasteiger partial charge in [-0.15, -0.1) is 0 Å². The van der Waals surface area contributed by atoms with Crippen molar-refractivity contribution in [3.8, 4) is 11.3 Å². The van der Waals surface area contributed by atoms with Crippen molar-refractivity contribution in [2.45, 2.75) is 38.8 Å². The highest BCUT2D eigenvalue weighted by Gasteiger charge is 2.30. The van der Waals surface area contributed by atoms with Crippen molar-refractivity contribution in [3.05, 3.63) is 71.0 Å². The highest BCUT2D eigenvalue weighted by Crippen LogP contribution is 2.34. The van der Waals surface area contributed by atoms with E-state index in [1.165, 1.54) is 5.69 Å². The molecule has 6 rings (SSSR count). The number of rotatable bonds is 5. The minimum atomic E-state index is 0.0583. The summed E-state index contributed by atoms with van der Waals surface area (Å²) in [7, 11) is 1.91. The molecule has 1 amide bonds. The van der Waals surface area contributed by atoms with Crippen LogP contribution in [0.15, 0.2) is 48.7 Å². The van der Waals surface area contributed by atoms with Gasteiger partial charge in [0, 0.05) is 74.3 Å². The van der Waals surface area contributed by atoms with Crippen LogP contribution in [-0.4, -0.2) is 55.9 Å². The zero-order valence-electron chi connectivity index (χ0n) is 20.6. The largest absolute Gasteiger partial charge is 0.379 e. The van der Waals surface area contributed by atoms with E-state index in [0.29, 0.717) is 31.7 Å². The van der Waals surface area contributed by atoms with Crippen LogP contribution in [0, 0.1) is 0 Å². The fraction of sp³-hybridized carbons (Fsp3) is 0.357. The molecule has 0 N–H and O–H groups in total. The Morgan fingerprint density at radius 2 is 2.06 bits per heavy atom. The van der Waals surface area contributed by atoms with Gasteiger partial charge >= 0.3 is 0 Å². The Morgan fingerprint density at radius 3 is 2.86 bits per heavy atom. The molecule has 0 aliphatic carbocycles. The minimum Gasteiger partial charge on any atom is -0.379 e. The Hall–Kier alpha value is -3.78. The van der Waals surface area contributed by atoms with E-state index >= 15 is 0 Å². The maximum absolute atomic E-state index is 13.3. The molecule has 0 bridgehead atoms. The lowest BCUT2D eigenvalue weighted by Gasteiger charge is -2.27. The lowest BCUT2D eigenvalue weighted by Crippen LogP contribution is -2.35. The van der Waals surface area contributed by atoms with Gasteiger partial charge in [-0.2, -0.15) is 10.2 Å². The first-order valence-electron chi connectivity index (χ1n) is 12.5. The van der Waals surface area contributed by atoms with Gasteiger partial charge < -0.3 is 9.64 Å². The molecule has 2 aliphatic rings. The number of nitrogens with zero attached hydrogens (tertiary/aromatic N) is 5. The van der Waals surface area contributed by atoms with Crippen molar-refractivity contribution in [3.63, 3.8) is 0 Å². The predicted octanol–water partition coefficient (Wildman–Crippen LogP) is 3.73. The molecule has 0 saturated carbocycles. The Labute approximate surface area is 209 Å². The van der Waals surface area contributed by atoms with Crippen molar-refractivity contribution in [1.29, 1.82) is 0 Å². The first-order valence-corrected chi connectivity index (χ1v) is 12.5. The number of benzene rings is 2. The van der Waals surface area contributed by atoms with Crippen LogP contribution in [-0.2, 0) is 36.0 Å². The van der Waals surface area contributed by atoms with Crippen LogP contribution in [0.2, 0.25) is 0 Å². The van der Waals surface area contributed by atoms with Crippen LogP contribution < -0.4 is 0 Å². The van der Waals surface area contributed by atoms with Crippen molar-refractivity contribution < 1.29 is 14.3 Å². The number of ether oxygens (including phenoxy) is 1. The first-order chi connectivity index (χ1) is 17.5. The van der Waals surface area contributed by atoms with Crippen LogP contribution >= 0.6 is 0 Å². The number of hydrogen-bond acceptors (Lipinski definition) is 5. The van der Waals surface area contributed by atoms with E-state index in [1.54, 1.807) is 6.92 Å². The van der Waals surface area contributed by atoms with E-state index in [2.05, 4.69) is 9.78 Å². The van der Waals surface area contributed by atoms with Gasteiger partial charge in [0.25, 0.3) is 0 Å². The van der Waals surface area contributed by atoms with Crippen molar-refractivity contribution in [1.82, 2.24) is 24.5 Å². The second kappa shape index (κ2) is 9.02. The minimum absolute atomic E-state index is 0.0583.